The quantitative estimate of drug-likeness (QED) is 0.391. The first-order chi connectivity index (χ1) is 16.8. The minimum atomic E-state index is -4.94. The fourth-order valence-electron chi connectivity index (χ4n) is 3.69. The summed E-state index contributed by atoms with van der Waals surface area (Å²) in [5.41, 5.74) is -0.178. The molecule has 0 aliphatic heterocycles. The lowest BCUT2D eigenvalue weighted by Crippen LogP contribution is -2.26. The Kier molecular flexibility index (Phi) is 7.51. The highest BCUT2D eigenvalue weighted by molar-refractivity contribution is 6.04. The molecule has 13 heteroatoms. The number of rotatable bonds is 8. The average molecular weight is 514 g/mol. The third-order valence-electron chi connectivity index (χ3n) is 5.29. The zero-order chi connectivity index (χ0) is 26.8. The van der Waals surface area contributed by atoms with Gasteiger partial charge in [0.15, 0.2) is 17.4 Å². The number of benzene rings is 2. The van der Waals surface area contributed by atoms with Crippen LogP contribution in [-0.2, 0) is 16.0 Å². The van der Waals surface area contributed by atoms with Crippen LogP contribution in [0.25, 0.3) is 10.9 Å². The van der Waals surface area contributed by atoms with E-state index in [4.69, 9.17) is 5.11 Å². The standard InChI is InChI=1S/C23H19F5N2O6/c1-11-14(6-7-17(31)29-9-8-18(32)33)19-16(10-15(24)21(34)20(19)25)30(11)22(35)12-2-4-13(5-3-12)36-23(26,27)28/h2-5,10,34H,6-9H2,1H3,(H,29,31)(H,32,33). The molecule has 0 saturated carbocycles. The van der Waals surface area contributed by atoms with Gasteiger partial charge < -0.3 is 20.3 Å². The first-order valence-corrected chi connectivity index (χ1v) is 10.4. The second kappa shape index (κ2) is 10.2. The van der Waals surface area contributed by atoms with Gasteiger partial charge in [-0.3, -0.25) is 19.0 Å². The number of aliphatic carboxylic acids is 1. The maximum atomic E-state index is 14.9. The minimum absolute atomic E-state index is 0.104. The van der Waals surface area contributed by atoms with Crippen molar-refractivity contribution in [2.75, 3.05) is 6.54 Å². The van der Waals surface area contributed by atoms with Crippen molar-refractivity contribution < 1.29 is 51.3 Å². The molecule has 0 bridgehead atoms. The fraction of sp³-hybridized carbons (Fsp3) is 0.261. The van der Waals surface area contributed by atoms with Gasteiger partial charge in [-0.25, -0.2) is 8.78 Å². The van der Waals surface area contributed by atoms with Gasteiger partial charge >= 0.3 is 12.3 Å². The summed E-state index contributed by atoms with van der Waals surface area (Å²) in [6.07, 6.45) is -5.64. The number of hydrogen-bond acceptors (Lipinski definition) is 5. The van der Waals surface area contributed by atoms with Crippen LogP contribution in [0.4, 0.5) is 22.0 Å². The Morgan fingerprint density at radius 3 is 2.31 bits per heavy atom. The highest BCUT2D eigenvalue weighted by atomic mass is 19.4. The van der Waals surface area contributed by atoms with Crippen LogP contribution in [0.1, 0.15) is 34.5 Å². The monoisotopic (exact) mass is 514 g/mol. The van der Waals surface area contributed by atoms with Gasteiger partial charge in [-0.05, 0) is 43.2 Å². The summed E-state index contributed by atoms with van der Waals surface area (Å²) in [5, 5.41) is 20.5. The summed E-state index contributed by atoms with van der Waals surface area (Å²) in [5.74, 6) is -7.08. The Bertz CT molecular complexity index is 1330. The van der Waals surface area contributed by atoms with Crippen LogP contribution < -0.4 is 10.1 Å². The molecule has 0 saturated heterocycles. The number of carboxylic acid groups (broad SMARTS) is 1. The molecule has 3 N–H and O–H groups in total. The van der Waals surface area contributed by atoms with Gasteiger partial charge in [0.25, 0.3) is 5.91 Å². The topological polar surface area (TPSA) is 118 Å². The summed E-state index contributed by atoms with van der Waals surface area (Å²) in [6.45, 7) is 1.26. The molecular weight excluding hydrogens is 495 g/mol. The third kappa shape index (κ3) is 5.73. The number of aryl methyl sites for hydroxylation is 1. The van der Waals surface area contributed by atoms with E-state index >= 15 is 0 Å². The molecule has 1 aromatic heterocycles. The van der Waals surface area contributed by atoms with E-state index in [1.807, 2.05) is 0 Å². The Hall–Kier alpha value is -4.16. The summed E-state index contributed by atoms with van der Waals surface area (Å²) in [7, 11) is 0. The van der Waals surface area contributed by atoms with Crippen molar-refractivity contribution in [1.82, 2.24) is 9.88 Å². The Morgan fingerprint density at radius 1 is 1.08 bits per heavy atom. The maximum absolute atomic E-state index is 14.9. The number of aromatic hydroxyl groups is 1. The van der Waals surface area contributed by atoms with Crippen molar-refractivity contribution in [2.24, 2.45) is 0 Å². The smallest absolute Gasteiger partial charge is 0.503 e. The second-order valence-electron chi connectivity index (χ2n) is 7.69. The summed E-state index contributed by atoms with van der Waals surface area (Å²) in [6, 6.07) is 4.61. The number of nitrogens with zero attached hydrogens (tertiary/aromatic N) is 1. The van der Waals surface area contributed by atoms with Gasteiger partial charge in [0.2, 0.25) is 5.91 Å². The number of phenolic OH excluding ortho intramolecular Hbond substituents is 1. The van der Waals surface area contributed by atoms with E-state index in [-0.39, 0.29) is 53.5 Å². The molecule has 1 heterocycles. The molecule has 0 aliphatic rings. The first kappa shape index (κ1) is 26.4. The maximum Gasteiger partial charge on any atom is 0.573 e. The number of aromatic nitrogens is 1. The van der Waals surface area contributed by atoms with E-state index in [0.717, 1.165) is 34.9 Å². The largest absolute Gasteiger partial charge is 0.573 e. The molecule has 3 aromatic rings. The van der Waals surface area contributed by atoms with E-state index in [1.165, 1.54) is 6.92 Å². The molecule has 36 heavy (non-hydrogen) atoms. The molecular formula is C23H19F5N2O6. The number of halogens is 5. The molecule has 0 atom stereocenters. The van der Waals surface area contributed by atoms with Gasteiger partial charge in [-0.2, -0.15) is 0 Å². The van der Waals surface area contributed by atoms with Gasteiger partial charge in [0.1, 0.15) is 5.75 Å². The van der Waals surface area contributed by atoms with Crippen molar-refractivity contribution in [3.63, 3.8) is 0 Å². The lowest BCUT2D eigenvalue weighted by Gasteiger charge is -2.11. The molecule has 0 fully saturated rings. The fourth-order valence-corrected chi connectivity index (χ4v) is 3.69. The zero-order valence-corrected chi connectivity index (χ0v) is 18.6. The second-order valence-corrected chi connectivity index (χ2v) is 7.69. The van der Waals surface area contributed by atoms with Crippen LogP contribution in [0, 0.1) is 18.6 Å². The Labute approximate surface area is 199 Å². The van der Waals surface area contributed by atoms with Gasteiger partial charge in [-0.1, -0.05) is 0 Å². The minimum Gasteiger partial charge on any atom is -0.503 e. The first-order valence-electron chi connectivity index (χ1n) is 10.4. The predicted molar refractivity (Wildman–Crippen MR) is 115 cm³/mol. The summed E-state index contributed by atoms with van der Waals surface area (Å²) < 4.78 is 71.0. The number of carbonyl (C=O) groups is 3. The van der Waals surface area contributed by atoms with E-state index in [0.29, 0.717) is 0 Å². The Balaban J connectivity index is 1.99. The molecule has 0 spiro atoms. The molecule has 2 aromatic carbocycles. The normalized spacial score (nSPS) is 11.5. The number of fused-ring (bicyclic) bond motifs is 1. The molecule has 1 amide bonds. The summed E-state index contributed by atoms with van der Waals surface area (Å²) >= 11 is 0. The van der Waals surface area contributed by atoms with Crippen LogP contribution in [-0.4, -0.2) is 45.5 Å². The van der Waals surface area contributed by atoms with Crippen LogP contribution >= 0.6 is 0 Å². The molecule has 192 valence electrons. The Morgan fingerprint density at radius 2 is 1.72 bits per heavy atom. The summed E-state index contributed by atoms with van der Waals surface area (Å²) in [4.78, 5) is 35.8. The van der Waals surface area contributed by atoms with Gasteiger partial charge in [0, 0.05) is 35.7 Å². The van der Waals surface area contributed by atoms with Crippen LogP contribution in [0.15, 0.2) is 30.3 Å². The zero-order valence-electron chi connectivity index (χ0n) is 18.6. The third-order valence-corrected chi connectivity index (χ3v) is 5.29. The molecule has 0 radical (unpaired) electrons. The van der Waals surface area contributed by atoms with Crippen molar-refractivity contribution >= 4 is 28.7 Å². The van der Waals surface area contributed by atoms with Crippen LogP contribution in [0.3, 0.4) is 0 Å². The number of carbonyl (C=O) groups excluding carboxylic acids is 2. The van der Waals surface area contributed by atoms with E-state index in [2.05, 4.69) is 10.1 Å². The van der Waals surface area contributed by atoms with E-state index in [9.17, 15) is 41.4 Å². The number of hydrogen-bond donors (Lipinski definition) is 3. The lowest BCUT2D eigenvalue weighted by molar-refractivity contribution is -0.274. The lowest BCUT2D eigenvalue weighted by atomic mass is 10.0. The highest BCUT2D eigenvalue weighted by Gasteiger charge is 2.31. The predicted octanol–water partition coefficient (Wildman–Crippen LogP) is 4.04. The molecule has 0 unspecified atom stereocenters. The van der Waals surface area contributed by atoms with E-state index in [1.54, 1.807) is 0 Å². The molecule has 8 nitrogen and oxygen atoms in total. The van der Waals surface area contributed by atoms with Gasteiger partial charge in [0.05, 0.1) is 11.9 Å². The SMILES string of the molecule is Cc1c(CCC(=O)NCCC(=O)O)c2c(F)c(O)c(F)cc2n1C(=O)c1ccc(OC(F)(F)F)cc1. The number of carboxylic acids is 1. The number of ether oxygens (including phenoxy) is 1. The van der Waals surface area contributed by atoms with Crippen molar-refractivity contribution in [3.8, 4) is 11.5 Å². The average Bonchev–Trinajstić information content (AvgIpc) is 3.05. The number of nitrogens with one attached hydrogen (secondary N) is 1. The van der Waals surface area contributed by atoms with E-state index < -0.39 is 47.3 Å². The highest BCUT2D eigenvalue weighted by Crippen LogP contribution is 2.36. The number of alkyl halides is 3. The van der Waals surface area contributed by atoms with Crippen molar-refractivity contribution in [1.29, 1.82) is 0 Å². The van der Waals surface area contributed by atoms with Crippen molar-refractivity contribution in [3.05, 3.63) is 58.8 Å². The molecule has 0 aliphatic carbocycles. The van der Waals surface area contributed by atoms with Crippen LogP contribution in [0.5, 0.6) is 11.5 Å². The molecule has 3 rings (SSSR count). The van der Waals surface area contributed by atoms with Crippen LogP contribution in [0.2, 0.25) is 0 Å². The number of phenols is 1. The van der Waals surface area contributed by atoms with Crippen molar-refractivity contribution in [2.45, 2.75) is 32.5 Å². The van der Waals surface area contributed by atoms with Gasteiger partial charge in [-0.15, -0.1) is 13.2 Å². The number of amides is 1.